The number of carbonyl (C=O) groups is 1. The molecule has 0 aliphatic rings. The highest BCUT2D eigenvalue weighted by Gasteiger charge is 2.39. The maximum atomic E-state index is 11.1. The average Bonchev–Trinajstić information content (AvgIpc) is 2.01. The third kappa shape index (κ3) is 4.77. The minimum absolute atomic E-state index is 0.0647. The molecular formula is C10H22O3Si2. The lowest BCUT2D eigenvalue weighted by Gasteiger charge is -2.34. The molecule has 0 N–H and O–H groups in total. The van der Waals surface area contributed by atoms with Gasteiger partial charge in [0, 0.05) is 5.57 Å². The molecule has 0 aliphatic heterocycles. The van der Waals surface area contributed by atoms with Gasteiger partial charge < -0.3 is 9.16 Å². The van der Waals surface area contributed by atoms with Gasteiger partial charge in [0.15, 0.2) is 14.6 Å². The Morgan fingerprint density at radius 3 is 2.00 bits per heavy atom. The lowest BCUT2D eigenvalue weighted by Crippen LogP contribution is -2.55. The molecule has 0 bridgehead atoms. The Morgan fingerprint density at radius 2 is 1.67 bits per heavy atom. The fourth-order valence-electron chi connectivity index (χ4n) is 0.570. The second kappa shape index (κ2) is 5.09. The van der Waals surface area contributed by atoms with E-state index in [0.717, 1.165) is 0 Å². The lowest BCUT2D eigenvalue weighted by atomic mass is 10.4. The van der Waals surface area contributed by atoms with Gasteiger partial charge in [0.25, 0.3) is 0 Å². The molecule has 0 rings (SSSR count). The Labute approximate surface area is 94.4 Å². The van der Waals surface area contributed by atoms with Crippen LogP contribution in [-0.4, -0.2) is 28.2 Å². The summed E-state index contributed by atoms with van der Waals surface area (Å²) < 4.78 is 10.7. The zero-order valence-electron chi connectivity index (χ0n) is 10.6. The summed E-state index contributed by atoms with van der Waals surface area (Å²) in [5.41, 5.74) is 0.408. The van der Waals surface area contributed by atoms with E-state index >= 15 is 0 Å². The molecule has 3 nitrogen and oxygen atoms in total. The van der Waals surface area contributed by atoms with Crippen LogP contribution in [0, 0.1) is 0 Å². The lowest BCUT2D eigenvalue weighted by molar-refractivity contribution is -0.145. The van der Waals surface area contributed by atoms with Crippen LogP contribution in [0.2, 0.25) is 32.7 Å². The van der Waals surface area contributed by atoms with Crippen LogP contribution in [0.4, 0.5) is 0 Å². The quantitative estimate of drug-likeness (QED) is 0.324. The summed E-state index contributed by atoms with van der Waals surface area (Å²) in [4.78, 5) is 11.1. The summed E-state index contributed by atoms with van der Waals surface area (Å²) >= 11 is 0. The molecule has 0 aromatic carbocycles. The van der Waals surface area contributed by atoms with Gasteiger partial charge in [-0.1, -0.05) is 26.2 Å². The van der Waals surface area contributed by atoms with E-state index in [1.54, 1.807) is 6.92 Å². The fraction of sp³-hybridized carbons (Fsp3) is 0.700. The highest BCUT2D eigenvalue weighted by atomic mass is 29.3. The Balaban J connectivity index is 4.07. The van der Waals surface area contributed by atoms with Crippen molar-refractivity contribution in [3.05, 3.63) is 12.2 Å². The Bertz CT molecular complexity index is 254. The monoisotopic (exact) mass is 246 g/mol. The first-order valence-corrected chi connectivity index (χ1v) is 12.5. The molecule has 0 saturated carbocycles. The molecule has 0 aliphatic carbocycles. The van der Waals surface area contributed by atoms with Crippen molar-refractivity contribution in [2.24, 2.45) is 0 Å². The predicted molar refractivity (Wildman–Crippen MR) is 67.7 cm³/mol. The molecule has 0 fully saturated rings. The summed E-state index contributed by atoms with van der Waals surface area (Å²) in [7, 11) is -2.96. The first-order chi connectivity index (χ1) is 6.58. The smallest absolute Gasteiger partial charge is 0.335 e. The Hall–Kier alpha value is -0.396. The molecule has 0 aromatic heterocycles. The van der Waals surface area contributed by atoms with Crippen molar-refractivity contribution < 1.29 is 14.0 Å². The van der Waals surface area contributed by atoms with Gasteiger partial charge in [0.2, 0.25) is 0 Å². The second-order valence-corrected chi connectivity index (χ2v) is 21.2. The van der Waals surface area contributed by atoms with Crippen LogP contribution in [0.5, 0.6) is 0 Å². The Kier molecular flexibility index (Phi) is 4.96. The van der Waals surface area contributed by atoms with E-state index in [-0.39, 0.29) is 12.8 Å². The van der Waals surface area contributed by atoms with Crippen LogP contribution in [0.3, 0.4) is 0 Å². The van der Waals surface area contributed by atoms with E-state index in [4.69, 9.17) is 9.16 Å². The zero-order chi connectivity index (χ0) is 12.3. The molecule has 0 saturated heterocycles. The van der Waals surface area contributed by atoms with E-state index in [2.05, 4.69) is 39.3 Å². The number of ether oxygens (including phenoxy) is 1. The van der Waals surface area contributed by atoms with E-state index in [1.807, 2.05) is 0 Å². The first kappa shape index (κ1) is 14.6. The number of hydrogen-bond donors (Lipinski definition) is 0. The number of carbonyl (C=O) groups excluding carboxylic acids is 1. The van der Waals surface area contributed by atoms with Crippen molar-refractivity contribution in [3.8, 4) is 0 Å². The van der Waals surface area contributed by atoms with Gasteiger partial charge in [-0.05, 0) is 20.0 Å². The van der Waals surface area contributed by atoms with Crippen LogP contribution < -0.4 is 0 Å². The molecular weight excluding hydrogens is 224 g/mol. The average molecular weight is 246 g/mol. The van der Waals surface area contributed by atoms with Gasteiger partial charge in [-0.25, -0.2) is 4.79 Å². The minimum Gasteiger partial charge on any atom is -0.436 e. The molecule has 0 aromatic rings. The maximum absolute atomic E-state index is 11.1. The van der Waals surface area contributed by atoms with E-state index in [1.165, 1.54) is 0 Å². The van der Waals surface area contributed by atoms with Crippen molar-refractivity contribution in [2.75, 3.05) is 6.79 Å². The molecule has 15 heavy (non-hydrogen) atoms. The molecule has 88 valence electrons. The summed E-state index contributed by atoms with van der Waals surface area (Å²) in [6.07, 6.45) is 0. The summed E-state index contributed by atoms with van der Waals surface area (Å²) in [6, 6.07) is 0. The molecule has 5 heteroatoms. The van der Waals surface area contributed by atoms with Crippen molar-refractivity contribution in [1.29, 1.82) is 0 Å². The highest BCUT2D eigenvalue weighted by molar-refractivity contribution is 7.37. The van der Waals surface area contributed by atoms with Gasteiger partial charge in [0.05, 0.1) is 7.59 Å². The molecule has 0 heterocycles. The van der Waals surface area contributed by atoms with Crippen LogP contribution in [0.1, 0.15) is 6.92 Å². The van der Waals surface area contributed by atoms with Crippen molar-refractivity contribution in [2.45, 2.75) is 39.7 Å². The third-order valence-electron chi connectivity index (χ3n) is 2.76. The van der Waals surface area contributed by atoms with Gasteiger partial charge in [-0.3, -0.25) is 0 Å². The van der Waals surface area contributed by atoms with Gasteiger partial charge >= 0.3 is 5.97 Å². The topological polar surface area (TPSA) is 35.5 Å². The summed E-state index contributed by atoms with van der Waals surface area (Å²) in [6.45, 7) is 16.4. The van der Waals surface area contributed by atoms with Gasteiger partial charge in [0.1, 0.15) is 0 Å². The van der Waals surface area contributed by atoms with Crippen LogP contribution >= 0.6 is 0 Å². The molecule has 0 spiro atoms. The predicted octanol–water partition coefficient (Wildman–Crippen LogP) is 2.70. The standard InChI is InChI=1S/C10H22O3Si2/c1-9(2)10(11)12-8-13-15(6,7)14(3,4)5/h1,8H2,2-7H3. The van der Waals surface area contributed by atoms with Crippen LogP contribution in [-0.2, 0) is 14.0 Å². The third-order valence-corrected chi connectivity index (χ3v) is 18.5. The maximum Gasteiger partial charge on any atom is 0.335 e. The van der Waals surface area contributed by atoms with Crippen molar-refractivity contribution in [3.63, 3.8) is 0 Å². The number of rotatable bonds is 5. The van der Waals surface area contributed by atoms with Crippen LogP contribution in [0.25, 0.3) is 0 Å². The van der Waals surface area contributed by atoms with Gasteiger partial charge in [-0.15, -0.1) is 0 Å². The summed E-state index contributed by atoms with van der Waals surface area (Å²) in [5, 5.41) is 0. The van der Waals surface area contributed by atoms with E-state index in [9.17, 15) is 4.79 Å². The van der Waals surface area contributed by atoms with E-state index in [0.29, 0.717) is 5.57 Å². The normalized spacial score (nSPS) is 12.4. The number of hydrogen-bond acceptors (Lipinski definition) is 3. The molecule has 0 amide bonds. The summed E-state index contributed by atoms with van der Waals surface area (Å²) in [5.74, 6) is -0.379. The zero-order valence-corrected chi connectivity index (χ0v) is 12.6. The van der Waals surface area contributed by atoms with Crippen LogP contribution in [0.15, 0.2) is 12.2 Å². The van der Waals surface area contributed by atoms with Crippen molar-refractivity contribution in [1.82, 2.24) is 0 Å². The molecule has 0 unspecified atom stereocenters. The SMILES string of the molecule is C=C(C)C(=O)OCO[Si](C)(C)[Si](C)(C)C. The molecule has 0 radical (unpaired) electrons. The highest BCUT2D eigenvalue weighted by Crippen LogP contribution is 2.19. The fourth-order valence-corrected chi connectivity index (χ4v) is 2.83. The van der Waals surface area contributed by atoms with Crippen molar-refractivity contribution >= 4 is 21.4 Å². The minimum atomic E-state index is -1.67. The van der Waals surface area contributed by atoms with Gasteiger partial charge in [-0.2, -0.15) is 0 Å². The second-order valence-electron chi connectivity index (χ2n) is 5.23. The van der Waals surface area contributed by atoms with E-state index < -0.39 is 15.4 Å². The largest absolute Gasteiger partial charge is 0.436 e. The first-order valence-electron chi connectivity index (χ1n) is 5.04. The molecule has 0 atom stereocenters. The Morgan fingerprint density at radius 1 is 1.20 bits per heavy atom. The number of esters is 1.